The van der Waals surface area contributed by atoms with Crippen molar-refractivity contribution in [1.29, 1.82) is 0 Å². The molecule has 1 aliphatic rings. The zero-order valence-electron chi connectivity index (χ0n) is 6.53. The van der Waals surface area contributed by atoms with E-state index in [0.29, 0.717) is 12.1 Å². The van der Waals surface area contributed by atoms with Crippen molar-refractivity contribution in [3.63, 3.8) is 0 Å². The average molecular weight is 139 g/mol. The Bertz CT molecular complexity index is 152. The molecule has 0 radical (unpaired) electrons. The molecule has 0 aliphatic carbocycles. The van der Waals surface area contributed by atoms with Gasteiger partial charge < -0.3 is 5.32 Å². The van der Waals surface area contributed by atoms with Gasteiger partial charge in [-0.2, -0.15) is 0 Å². The standard InChI is InChI=1S/C6H7NO.C2H6/c1-4-3-7-6(8)5(4)2;1-2/h1-3H2,(H,7,8);1-2H3. The lowest BCUT2D eigenvalue weighted by Gasteiger charge is -1.83. The van der Waals surface area contributed by atoms with E-state index >= 15 is 0 Å². The SMILES string of the molecule is C=C1CNC(=O)C1=C.CC. The molecule has 1 N–H and O–H groups in total. The van der Waals surface area contributed by atoms with Gasteiger partial charge in [-0.1, -0.05) is 27.0 Å². The normalized spacial score (nSPS) is 16.0. The molecule has 2 nitrogen and oxygen atoms in total. The molecule has 1 amide bonds. The fourth-order valence-electron chi connectivity index (χ4n) is 0.561. The summed E-state index contributed by atoms with van der Waals surface area (Å²) < 4.78 is 0. The van der Waals surface area contributed by atoms with E-state index in [4.69, 9.17) is 0 Å². The third-order valence-corrected chi connectivity index (χ3v) is 1.16. The maximum Gasteiger partial charge on any atom is 0.251 e. The molecular formula is C8H13NO. The third-order valence-electron chi connectivity index (χ3n) is 1.16. The molecule has 1 rings (SSSR count). The Labute approximate surface area is 61.6 Å². The van der Waals surface area contributed by atoms with Gasteiger partial charge in [0.2, 0.25) is 0 Å². The largest absolute Gasteiger partial charge is 0.348 e. The number of rotatable bonds is 0. The van der Waals surface area contributed by atoms with Crippen LogP contribution in [-0.4, -0.2) is 12.5 Å². The minimum atomic E-state index is -0.0880. The fourth-order valence-corrected chi connectivity index (χ4v) is 0.561. The molecule has 1 saturated heterocycles. The number of hydrogen-bond acceptors (Lipinski definition) is 1. The van der Waals surface area contributed by atoms with Crippen LogP contribution in [0.25, 0.3) is 0 Å². The van der Waals surface area contributed by atoms with Crippen LogP contribution in [0.2, 0.25) is 0 Å². The highest BCUT2D eigenvalue weighted by Crippen LogP contribution is 2.09. The molecule has 0 aromatic heterocycles. The van der Waals surface area contributed by atoms with Crippen LogP contribution in [0, 0.1) is 0 Å². The minimum Gasteiger partial charge on any atom is -0.348 e. The van der Waals surface area contributed by atoms with Gasteiger partial charge in [-0.15, -0.1) is 0 Å². The Kier molecular flexibility index (Phi) is 3.47. The number of carbonyl (C=O) groups excluding carboxylic acids is 1. The second-order valence-electron chi connectivity index (χ2n) is 1.76. The molecule has 0 aromatic carbocycles. The number of hydrogen-bond donors (Lipinski definition) is 1. The summed E-state index contributed by atoms with van der Waals surface area (Å²) in [5.74, 6) is -0.0880. The van der Waals surface area contributed by atoms with Crippen molar-refractivity contribution >= 4 is 5.91 Å². The molecule has 1 aliphatic heterocycles. The molecule has 0 aromatic rings. The maximum atomic E-state index is 10.5. The first kappa shape index (κ1) is 8.95. The predicted octanol–water partition coefficient (Wildman–Crippen LogP) is 1.25. The van der Waals surface area contributed by atoms with Gasteiger partial charge in [-0.25, -0.2) is 0 Å². The minimum absolute atomic E-state index is 0.0880. The van der Waals surface area contributed by atoms with Crippen molar-refractivity contribution in [2.24, 2.45) is 0 Å². The van der Waals surface area contributed by atoms with Gasteiger partial charge in [-0.05, 0) is 5.57 Å². The van der Waals surface area contributed by atoms with E-state index in [9.17, 15) is 4.79 Å². The van der Waals surface area contributed by atoms with E-state index in [1.54, 1.807) is 0 Å². The molecule has 1 fully saturated rings. The summed E-state index contributed by atoms with van der Waals surface area (Å²) in [6, 6.07) is 0. The molecular weight excluding hydrogens is 126 g/mol. The average Bonchev–Trinajstić information content (AvgIpc) is 2.25. The van der Waals surface area contributed by atoms with Crippen molar-refractivity contribution in [2.45, 2.75) is 13.8 Å². The summed E-state index contributed by atoms with van der Waals surface area (Å²) in [6.07, 6.45) is 0. The zero-order valence-corrected chi connectivity index (χ0v) is 6.53. The first-order chi connectivity index (χ1) is 4.72. The van der Waals surface area contributed by atoms with Gasteiger partial charge in [0, 0.05) is 12.1 Å². The van der Waals surface area contributed by atoms with Crippen molar-refractivity contribution in [1.82, 2.24) is 5.32 Å². The van der Waals surface area contributed by atoms with E-state index in [2.05, 4.69) is 18.5 Å². The topological polar surface area (TPSA) is 29.1 Å². The second-order valence-corrected chi connectivity index (χ2v) is 1.76. The first-order valence-electron chi connectivity index (χ1n) is 3.37. The highest BCUT2D eigenvalue weighted by atomic mass is 16.1. The Balaban J connectivity index is 0.000000371. The van der Waals surface area contributed by atoms with Crippen molar-refractivity contribution in [2.75, 3.05) is 6.54 Å². The molecule has 0 saturated carbocycles. The van der Waals surface area contributed by atoms with Gasteiger partial charge in [0.15, 0.2) is 0 Å². The highest BCUT2D eigenvalue weighted by Gasteiger charge is 2.16. The van der Waals surface area contributed by atoms with Crippen molar-refractivity contribution in [3.05, 3.63) is 24.3 Å². The van der Waals surface area contributed by atoms with Crippen LogP contribution in [0.1, 0.15) is 13.8 Å². The van der Waals surface area contributed by atoms with Crippen LogP contribution in [-0.2, 0) is 4.79 Å². The fraction of sp³-hybridized carbons (Fsp3) is 0.375. The van der Waals surface area contributed by atoms with Gasteiger partial charge in [0.05, 0.1) is 0 Å². The Hall–Kier alpha value is -1.05. The highest BCUT2D eigenvalue weighted by molar-refractivity contribution is 6.00. The molecule has 0 atom stereocenters. The van der Waals surface area contributed by atoms with Gasteiger partial charge in [0.25, 0.3) is 5.91 Å². The summed E-state index contributed by atoms with van der Waals surface area (Å²) in [7, 11) is 0. The summed E-state index contributed by atoms with van der Waals surface area (Å²) in [4.78, 5) is 10.5. The number of carbonyl (C=O) groups is 1. The Morgan fingerprint density at radius 3 is 2.00 bits per heavy atom. The lowest BCUT2D eigenvalue weighted by atomic mass is 10.2. The maximum absolute atomic E-state index is 10.5. The molecule has 10 heavy (non-hydrogen) atoms. The molecule has 2 heteroatoms. The number of amides is 1. The monoisotopic (exact) mass is 139 g/mol. The summed E-state index contributed by atoms with van der Waals surface area (Å²) in [5, 5.41) is 2.58. The number of nitrogens with one attached hydrogen (secondary N) is 1. The van der Waals surface area contributed by atoms with E-state index < -0.39 is 0 Å². The molecule has 1 heterocycles. The van der Waals surface area contributed by atoms with Gasteiger partial charge >= 0.3 is 0 Å². The van der Waals surface area contributed by atoms with Crippen LogP contribution in [0.4, 0.5) is 0 Å². The van der Waals surface area contributed by atoms with Crippen LogP contribution in [0.15, 0.2) is 24.3 Å². The van der Waals surface area contributed by atoms with E-state index in [1.807, 2.05) is 13.8 Å². The zero-order chi connectivity index (χ0) is 8.15. The quantitative estimate of drug-likeness (QED) is 0.503. The van der Waals surface area contributed by atoms with Gasteiger partial charge in [0.1, 0.15) is 0 Å². The Morgan fingerprint density at radius 1 is 1.40 bits per heavy atom. The van der Waals surface area contributed by atoms with E-state index in [0.717, 1.165) is 5.57 Å². The summed E-state index contributed by atoms with van der Waals surface area (Å²) >= 11 is 0. The summed E-state index contributed by atoms with van der Waals surface area (Å²) in [5.41, 5.74) is 1.32. The smallest absolute Gasteiger partial charge is 0.251 e. The molecule has 0 unspecified atom stereocenters. The van der Waals surface area contributed by atoms with Crippen LogP contribution >= 0.6 is 0 Å². The second kappa shape index (κ2) is 3.88. The van der Waals surface area contributed by atoms with Crippen LogP contribution in [0.3, 0.4) is 0 Å². The first-order valence-corrected chi connectivity index (χ1v) is 3.37. The van der Waals surface area contributed by atoms with E-state index in [-0.39, 0.29) is 5.91 Å². The lowest BCUT2D eigenvalue weighted by molar-refractivity contribution is -0.116. The summed E-state index contributed by atoms with van der Waals surface area (Å²) in [6.45, 7) is 11.7. The van der Waals surface area contributed by atoms with Crippen LogP contribution in [0.5, 0.6) is 0 Å². The Morgan fingerprint density at radius 2 is 1.90 bits per heavy atom. The van der Waals surface area contributed by atoms with E-state index in [1.165, 1.54) is 0 Å². The van der Waals surface area contributed by atoms with Crippen molar-refractivity contribution in [3.8, 4) is 0 Å². The van der Waals surface area contributed by atoms with Crippen LogP contribution < -0.4 is 5.32 Å². The lowest BCUT2D eigenvalue weighted by Crippen LogP contribution is -2.13. The third kappa shape index (κ3) is 1.72. The van der Waals surface area contributed by atoms with Crippen molar-refractivity contribution < 1.29 is 4.79 Å². The molecule has 0 bridgehead atoms. The molecule has 56 valence electrons. The molecule has 0 spiro atoms. The predicted molar refractivity (Wildman–Crippen MR) is 42.6 cm³/mol. The van der Waals surface area contributed by atoms with Gasteiger partial charge in [-0.3, -0.25) is 4.79 Å².